The Morgan fingerprint density at radius 3 is 1.97 bits per heavy atom. The molecule has 2 amide bonds. The molecule has 4 rings (SSSR count). The van der Waals surface area contributed by atoms with Gasteiger partial charge in [-0.15, -0.1) is 0 Å². The summed E-state index contributed by atoms with van der Waals surface area (Å²) in [6.07, 6.45) is -1.93. The lowest BCUT2D eigenvalue weighted by molar-refractivity contribution is -0.158. The molecule has 30 heavy (non-hydrogen) atoms. The second kappa shape index (κ2) is 8.60. The maximum atomic E-state index is 12.1. The van der Waals surface area contributed by atoms with Gasteiger partial charge in [-0.2, -0.15) is 0 Å². The molecule has 0 saturated heterocycles. The second-order valence-corrected chi connectivity index (χ2v) is 6.37. The molecular formula is C20H18N2O8. The SMILES string of the molecule is O=C(COC(=O)[C@@H]1COc2ccccc2O1)NNC(=O)[C@H]1COc2ccccc2O1. The van der Waals surface area contributed by atoms with Gasteiger partial charge >= 0.3 is 5.97 Å². The molecule has 2 aliphatic rings. The molecule has 0 aromatic heterocycles. The fraction of sp³-hybridized carbons (Fsp3) is 0.250. The number of hydrogen-bond acceptors (Lipinski definition) is 8. The average Bonchev–Trinajstić information content (AvgIpc) is 2.80. The van der Waals surface area contributed by atoms with Crippen LogP contribution in [0.25, 0.3) is 0 Å². The van der Waals surface area contributed by atoms with E-state index in [1.165, 1.54) is 0 Å². The summed E-state index contributed by atoms with van der Waals surface area (Å²) in [5.41, 5.74) is 4.36. The van der Waals surface area contributed by atoms with E-state index >= 15 is 0 Å². The van der Waals surface area contributed by atoms with Crippen molar-refractivity contribution in [2.45, 2.75) is 12.2 Å². The topological polar surface area (TPSA) is 121 Å². The number of hydrogen-bond donors (Lipinski definition) is 2. The van der Waals surface area contributed by atoms with Crippen LogP contribution in [0.2, 0.25) is 0 Å². The van der Waals surface area contributed by atoms with E-state index in [2.05, 4.69) is 10.9 Å². The largest absolute Gasteiger partial charge is 0.485 e. The lowest BCUT2D eigenvalue weighted by Gasteiger charge is -2.25. The number of benzene rings is 2. The van der Waals surface area contributed by atoms with Crippen LogP contribution in [0.1, 0.15) is 0 Å². The van der Waals surface area contributed by atoms with Gasteiger partial charge < -0.3 is 23.7 Å². The summed E-state index contributed by atoms with van der Waals surface area (Å²) in [6.45, 7) is -0.644. The molecule has 0 unspecified atom stereocenters. The van der Waals surface area contributed by atoms with E-state index in [1.54, 1.807) is 48.5 Å². The van der Waals surface area contributed by atoms with Gasteiger partial charge in [0.1, 0.15) is 13.2 Å². The average molecular weight is 414 g/mol. The minimum absolute atomic E-state index is 0.00576. The molecule has 2 aliphatic heterocycles. The van der Waals surface area contributed by atoms with Crippen molar-refractivity contribution in [1.82, 2.24) is 10.9 Å². The Balaban J connectivity index is 1.19. The summed E-state index contributed by atoms with van der Waals surface area (Å²) in [5.74, 6) is -0.186. The number of nitrogens with one attached hydrogen (secondary N) is 2. The van der Waals surface area contributed by atoms with E-state index in [0.29, 0.717) is 23.0 Å². The monoisotopic (exact) mass is 414 g/mol. The molecule has 0 fully saturated rings. The summed E-state index contributed by atoms with van der Waals surface area (Å²) < 4.78 is 26.8. The minimum Gasteiger partial charge on any atom is -0.485 e. The molecule has 0 saturated carbocycles. The van der Waals surface area contributed by atoms with Crippen molar-refractivity contribution in [1.29, 1.82) is 0 Å². The highest BCUT2D eigenvalue weighted by Crippen LogP contribution is 2.31. The van der Waals surface area contributed by atoms with Crippen LogP contribution in [-0.4, -0.2) is 49.8 Å². The van der Waals surface area contributed by atoms with Crippen molar-refractivity contribution in [3.8, 4) is 23.0 Å². The fourth-order valence-electron chi connectivity index (χ4n) is 2.76. The first-order valence-electron chi connectivity index (χ1n) is 9.12. The van der Waals surface area contributed by atoms with Crippen molar-refractivity contribution < 1.29 is 38.1 Å². The standard InChI is InChI=1S/C20H18N2O8/c23-18(11-28-20(25)17-10-27-13-6-2-4-8-15(13)30-17)21-22-19(24)16-9-26-12-5-1-3-7-14(12)29-16/h1-8,16-17H,9-11H2,(H,21,23)(H,22,24)/t16-,17+/m1/s1. The van der Waals surface area contributed by atoms with Crippen LogP contribution in [0.5, 0.6) is 23.0 Å². The summed E-state index contributed by atoms with van der Waals surface area (Å²) in [4.78, 5) is 36.1. The van der Waals surface area contributed by atoms with Gasteiger partial charge in [0.15, 0.2) is 29.6 Å². The molecule has 0 bridgehead atoms. The third kappa shape index (κ3) is 4.37. The molecule has 0 spiro atoms. The minimum atomic E-state index is -0.991. The maximum absolute atomic E-state index is 12.1. The molecule has 156 valence electrons. The maximum Gasteiger partial charge on any atom is 0.351 e. The molecule has 2 aromatic carbocycles. The Labute approximate surface area is 171 Å². The van der Waals surface area contributed by atoms with E-state index in [-0.39, 0.29) is 13.2 Å². The van der Waals surface area contributed by atoms with Gasteiger partial charge in [0.25, 0.3) is 11.8 Å². The van der Waals surface area contributed by atoms with Gasteiger partial charge in [-0.1, -0.05) is 24.3 Å². The third-order valence-corrected chi connectivity index (χ3v) is 4.24. The Bertz CT molecular complexity index is 888. The van der Waals surface area contributed by atoms with Gasteiger partial charge in [0, 0.05) is 0 Å². The second-order valence-electron chi connectivity index (χ2n) is 6.37. The number of amides is 2. The van der Waals surface area contributed by atoms with Crippen molar-refractivity contribution in [3.05, 3.63) is 48.5 Å². The normalized spacial score (nSPS) is 18.7. The van der Waals surface area contributed by atoms with Crippen LogP contribution in [0.4, 0.5) is 0 Å². The number of rotatable bonds is 4. The van der Waals surface area contributed by atoms with Crippen LogP contribution in [0.3, 0.4) is 0 Å². The van der Waals surface area contributed by atoms with E-state index in [4.69, 9.17) is 23.7 Å². The van der Waals surface area contributed by atoms with Gasteiger partial charge in [-0.3, -0.25) is 20.4 Å². The first-order chi connectivity index (χ1) is 14.6. The number of carbonyl (C=O) groups is 3. The molecule has 2 atom stereocenters. The van der Waals surface area contributed by atoms with Crippen molar-refractivity contribution in [2.24, 2.45) is 0 Å². The molecule has 0 radical (unpaired) electrons. The molecule has 2 aromatic rings. The number of ether oxygens (including phenoxy) is 5. The molecule has 0 aliphatic carbocycles. The Morgan fingerprint density at radius 2 is 1.33 bits per heavy atom. The summed E-state index contributed by atoms with van der Waals surface area (Å²) in [6, 6.07) is 13.8. The van der Waals surface area contributed by atoms with E-state index in [1.807, 2.05) is 0 Å². The third-order valence-electron chi connectivity index (χ3n) is 4.24. The highest BCUT2D eigenvalue weighted by atomic mass is 16.6. The highest BCUT2D eigenvalue weighted by molar-refractivity contribution is 5.87. The van der Waals surface area contributed by atoms with E-state index < -0.39 is 36.6 Å². The lowest BCUT2D eigenvalue weighted by Crippen LogP contribution is -2.51. The highest BCUT2D eigenvalue weighted by Gasteiger charge is 2.30. The first-order valence-corrected chi connectivity index (χ1v) is 9.12. The van der Waals surface area contributed by atoms with Crippen molar-refractivity contribution in [3.63, 3.8) is 0 Å². The van der Waals surface area contributed by atoms with Crippen LogP contribution in [-0.2, 0) is 19.1 Å². The van der Waals surface area contributed by atoms with Crippen LogP contribution in [0, 0.1) is 0 Å². The Morgan fingerprint density at radius 1 is 0.800 bits per heavy atom. The predicted octanol–water partition coefficient (Wildman–Crippen LogP) is 0.357. The predicted molar refractivity (Wildman–Crippen MR) is 100.0 cm³/mol. The van der Waals surface area contributed by atoms with Crippen LogP contribution in [0.15, 0.2) is 48.5 Å². The smallest absolute Gasteiger partial charge is 0.351 e. The zero-order chi connectivity index (χ0) is 20.9. The molecular weight excluding hydrogens is 396 g/mol. The van der Waals surface area contributed by atoms with Gasteiger partial charge in [-0.05, 0) is 24.3 Å². The van der Waals surface area contributed by atoms with Crippen molar-refractivity contribution >= 4 is 17.8 Å². The van der Waals surface area contributed by atoms with Gasteiger partial charge in [0.2, 0.25) is 12.2 Å². The number of hydrazine groups is 1. The first kappa shape index (κ1) is 19.4. The quantitative estimate of drug-likeness (QED) is 0.543. The molecule has 2 heterocycles. The number of esters is 1. The Kier molecular flexibility index (Phi) is 5.55. The molecule has 2 N–H and O–H groups in total. The number of para-hydroxylation sites is 4. The molecule has 10 heteroatoms. The zero-order valence-corrected chi connectivity index (χ0v) is 15.7. The van der Waals surface area contributed by atoms with Crippen molar-refractivity contribution in [2.75, 3.05) is 19.8 Å². The summed E-state index contributed by atoms with van der Waals surface area (Å²) in [7, 11) is 0. The summed E-state index contributed by atoms with van der Waals surface area (Å²) >= 11 is 0. The molecule has 10 nitrogen and oxygen atoms in total. The summed E-state index contributed by atoms with van der Waals surface area (Å²) in [5, 5.41) is 0. The van der Waals surface area contributed by atoms with Crippen LogP contribution < -0.4 is 29.8 Å². The lowest BCUT2D eigenvalue weighted by atomic mass is 10.2. The number of carbonyl (C=O) groups excluding carboxylic acids is 3. The zero-order valence-electron chi connectivity index (χ0n) is 15.7. The fourth-order valence-corrected chi connectivity index (χ4v) is 2.76. The Hall–Kier alpha value is -3.95. The van der Waals surface area contributed by atoms with E-state index in [9.17, 15) is 14.4 Å². The van der Waals surface area contributed by atoms with Gasteiger partial charge in [-0.25, -0.2) is 4.79 Å². The van der Waals surface area contributed by atoms with E-state index in [0.717, 1.165) is 0 Å². The van der Waals surface area contributed by atoms with Gasteiger partial charge in [0.05, 0.1) is 0 Å². The van der Waals surface area contributed by atoms with Crippen LogP contribution >= 0.6 is 0 Å². The number of fused-ring (bicyclic) bond motifs is 2.